The molecule has 0 aliphatic heterocycles. The number of nitrogens with zero attached hydrogens (tertiary/aromatic N) is 3. The minimum atomic E-state index is -4.65. The summed E-state index contributed by atoms with van der Waals surface area (Å²) in [6.45, 7) is 5.01. The number of halogens is 4. The average Bonchev–Trinajstić information content (AvgIpc) is 2.87. The topological polar surface area (TPSA) is 72.0 Å². The van der Waals surface area contributed by atoms with E-state index >= 15 is 0 Å². The van der Waals surface area contributed by atoms with Crippen molar-refractivity contribution in [1.29, 1.82) is 0 Å². The third-order valence-corrected chi connectivity index (χ3v) is 4.27. The number of aromatic nitrogens is 3. The van der Waals surface area contributed by atoms with Gasteiger partial charge in [-0.05, 0) is 39.0 Å². The molecule has 0 saturated heterocycles. The van der Waals surface area contributed by atoms with Crippen molar-refractivity contribution in [2.45, 2.75) is 26.9 Å². The molecule has 0 atom stereocenters. The van der Waals surface area contributed by atoms with Crippen LogP contribution in [0.2, 0.25) is 5.15 Å². The summed E-state index contributed by atoms with van der Waals surface area (Å²) < 4.78 is 45.2. The van der Waals surface area contributed by atoms with Crippen LogP contribution >= 0.6 is 11.6 Å². The third-order valence-electron chi connectivity index (χ3n) is 3.91. The summed E-state index contributed by atoms with van der Waals surface area (Å²) in [6, 6.07) is 2.69. The molecule has 0 aliphatic rings. The number of hydrogen-bond donors (Lipinski definition) is 1. The van der Waals surface area contributed by atoms with Crippen LogP contribution in [0.15, 0.2) is 22.7 Å². The fourth-order valence-corrected chi connectivity index (χ4v) is 2.81. The lowest BCUT2D eigenvalue weighted by atomic mass is 10.0. The predicted octanol–water partition coefficient (Wildman–Crippen LogP) is 5.10. The lowest BCUT2D eigenvalue weighted by Gasteiger charge is -2.14. The maximum Gasteiger partial charge on any atom is 0.417 e. The molecule has 0 radical (unpaired) electrons. The molecule has 1 aromatic carbocycles. The lowest BCUT2D eigenvalue weighted by molar-refractivity contribution is -0.137. The molecule has 26 heavy (non-hydrogen) atoms. The Morgan fingerprint density at radius 2 is 1.81 bits per heavy atom. The number of aryl methyl sites for hydroxylation is 2. The van der Waals surface area contributed by atoms with Gasteiger partial charge in [-0.25, -0.2) is 9.97 Å². The van der Waals surface area contributed by atoms with Gasteiger partial charge in [-0.1, -0.05) is 16.8 Å². The normalized spacial score (nSPS) is 11.8. The Bertz CT molecular complexity index is 980. The van der Waals surface area contributed by atoms with Gasteiger partial charge in [0, 0.05) is 11.1 Å². The van der Waals surface area contributed by atoms with E-state index in [9.17, 15) is 18.3 Å². The molecule has 1 N–H and O–H groups in total. The third kappa shape index (κ3) is 3.12. The summed E-state index contributed by atoms with van der Waals surface area (Å²) in [4.78, 5) is 8.26. The summed E-state index contributed by atoms with van der Waals surface area (Å²) >= 11 is 6.15. The molecule has 0 unspecified atom stereocenters. The van der Waals surface area contributed by atoms with Crippen molar-refractivity contribution in [2.75, 3.05) is 0 Å². The van der Waals surface area contributed by atoms with Gasteiger partial charge in [0.15, 0.2) is 5.82 Å². The van der Waals surface area contributed by atoms with Gasteiger partial charge in [-0.2, -0.15) is 13.2 Å². The SMILES string of the molecule is Cc1noc(C)c1-c1nc(-c2cc(O)ccc2C(F)(F)F)nc(Cl)c1C. The predicted molar refractivity (Wildman–Crippen MR) is 88.9 cm³/mol. The highest BCUT2D eigenvalue weighted by molar-refractivity contribution is 6.30. The van der Waals surface area contributed by atoms with Crippen molar-refractivity contribution in [3.8, 4) is 28.4 Å². The van der Waals surface area contributed by atoms with Gasteiger partial charge in [0.05, 0.1) is 22.5 Å². The summed E-state index contributed by atoms with van der Waals surface area (Å²) in [7, 11) is 0. The zero-order valence-corrected chi connectivity index (χ0v) is 14.7. The molecule has 9 heteroatoms. The number of alkyl halides is 3. The quantitative estimate of drug-likeness (QED) is 0.623. The molecule has 2 aromatic heterocycles. The van der Waals surface area contributed by atoms with Crippen molar-refractivity contribution in [3.05, 3.63) is 45.9 Å². The Hall–Kier alpha value is -2.61. The van der Waals surface area contributed by atoms with E-state index < -0.39 is 11.7 Å². The maximum absolute atomic E-state index is 13.4. The maximum atomic E-state index is 13.4. The van der Waals surface area contributed by atoms with Crippen LogP contribution < -0.4 is 0 Å². The molecule has 0 saturated carbocycles. The van der Waals surface area contributed by atoms with Gasteiger partial charge in [-0.3, -0.25) is 0 Å². The number of hydrogen-bond acceptors (Lipinski definition) is 5. The average molecular weight is 384 g/mol. The highest BCUT2D eigenvalue weighted by atomic mass is 35.5. The van der Waals surface area contributed by atoms with Crippen molar-refractivity contribution in [2.24, 2.45) is 0 Å². The van der Waals surface area contributed by atoms with Crippen LogP contribution in [0.5, 0.6) is 5.75 Å². The van der Waals surface area contributed by atoms with Gasteiger partial charge in [0.25, 0.3) is 0 Å². The molecule has 5 nitrogen and oxygen atoms in total. The van der Waals surface area contributed by atoms with Gasteiger partial charge >= 0.3 is 6.18 Å². The van der Waals surface area contributed by atoms with E-state index in [4.69, 9.17) is 16.1 Å². The molecule has 0 amide bonds. The second-order valence-electron chi connectivity index (χ2n) is 5.74. The zero-order chi connectivity index (χ0) is 19.2. The van der Waals surface area contributed by atoms with Crippen molar-refractivity contribution < 1.29 is 22.8 Å². The van der Waals surface area contributed by atoms with Crippen LogP contribution in [0.1, 0.15) is 22.6 Å². The van der Waals surface area contributed by atoms with Gasteiger partial charge in [0.1, 0.15) is 16.7 Å². The summed E-state index contributed by atoms with van der Waals surface area (Å²) in [5, 5.41) is 13.5. The largest absolute Gasteiger partial charge is 0.508 e. The van der Waals surface area contributed by atoms with Crippen molar-refractivity contribution in [3.63, 3.8) is 0 Å². The molecule has 2 heterocycles. The molecule has 3 aromatic rings. The molecule has 3 rings (SSSR count). The molecular formula is C17H13ClF3N3O2. The molecule has 136 valence electrons. The van der Waals surface area contributed by atoms with E-state index in [0.717, 1.165) is 18.2 Å². The summed E-state index contributed by atoms with van der Waals surface area (Å²) in [5.74, 6) is -0.135. The van der Waals surface area contributed by atoms with Gasteiger partial charge < -0.3 is 9.63 Å². The van der Waals surface area contributed by atoms with E-state index in [2.05, 4.69) is 15.1 Å². The summed E-state index contributed by atoms with van der Waals surface area (Å²) in [5.41, 5.74) is 0.540. The molecular weight excluding hydrogens is 371 g/mol. The first kappa shape index (κ1) is 18.2. The smallest absolute Gasteiger partial charge is 0.417 e. The molecule has 0 bridgehead atoms. The van der Waals surface area contributed by atoms with Crippen molar-refractivity contribution >= 4 is 11.6 Å². The van der Waals surface area contributed by atoms with Crippen LogP contribution in [0.3, 0.4) is 0 Å². The Morgan fingerprint density at radius 3 is 2.38 bits per heavy atom. The van der Waals surface area contributed by atoms with Gasteiger partial charge in [-0.15, -0.1) is 0 Å². The number of phenols is 1. The Morgan fingerprint density at radius 1 is 1.12 bits per heavy atom. The van der Waals surface area contributed by atoms with Crippen LogP contribution in [-0.4, -0.2) is 20.2 Å². The highest BCUT2D eigenvalue weighted by Gasteiger charge is 2.35. The van der Waals surface area contributed by atoms with Crippen LogP contribution in [-0.2, 0) is 6.18 Å². The van der Waals surface area contributed by atoms with Crippen LogP contribution in [0.4, 0.5) is 13.2 Å². The lowest BCUT2D eigenvalue weighted by Crippen LogP contribution is -2.09. The van der Waals surface area contributed by atoms with Crippen LogP contribution in [0, 0.1) is 20.8 Å². The van der Waals surface area contributed by atoms with E-state index in [1.807, 2.05) is 0 Å². The first-order valence-corrected chi connectivity index (χ1v) is 7.85. The fraction of sp³-hybridized carbons (Fsp3) is 0.235. The number of aromatic hydroxyl groups is 1. The van der Waals surface area contributed by atoms with E-state index in [-0.39, 0.29) is 22.3 Å². The highest BCUT2D eigenvalue weighted by Crippen LogP contribution is 2.39. The molecule has 0 spiro atoms. The van der Waals surface area contributed by atoms with Gasteiger partial charge in [0.2, 0.25) is 0 Å². The standard InChI is InChI=1S/C17H13ClF3N3O2/c1-7-14(13-8(2)24-26-9(13)3)22-16(23-15(7)18)11-6-10(25)4-5-12(11)17(19,20)21/h4-6,25H,1-3H3. The number of benzene rings is 1. The van der Waals surface area contributed by atoms with E-state index in [0.29, 0.717) is 28.3 Å². The van der Waals surface area contributed by atoms with Crippen molar-refractivity contribution in [1.82, 2.24) is 15.1 Å². The summed E-state index contributed by atoms with van der Waals surface area (Å²) in [6.07, 6.45) is -4.65. The fourth-order valence-electron chi connectivity index (χ4n) is 2.64. The zero-order valence-electron chi connectivity index (χ0n) is 13.9. The second-order valence-corrected chi connectivity index (χ2v) is 6.10. The number of rotatable bonds is 2. The minimum Gasteiger partial charge on any atom is -0.508 e. The first-order valence-electron chi connectivity index (χ1n) is 7.47. The Balaban J connectivity index is 2.31. The molecule has 0 fully saturated rings. The first-order chi connectivity index (χ1) is 12.1. The van der Waals surface area contributed by atoms with Crippen LogP contribution in [0.25, 0.3) is 22.6 Å². The monoisotopic (exact) mass is 383 g/mol. The van der Waals surface area contributed by atoms with E-state index in [1.54, 1.807) is 20.8 Å². The Labute approximate surface area is 151 Å². The Kier molecular flexibility index (Phi) is 4.39. The molecule has 0 aliphatic carbocycles. The number of phenolic OH excluding ortho intramolecular Hbond substituents is 1. The van der Waals surface area contributed by atoms with E-state index in [1.165, 1.54) is 0 Å². The minimum absolute atomic E-state index is 0.00136. The second kappa shape index (κ2) is 6.28.